The minimum Gasteiger partial charge on any atom is -0.472 e. The molecule has 5 nitrogen and oxygen atoms in total. The number of hydrogen-bond donors (Lipinski definition) is 2. The van der Waals surface area contributed by atoms with E-state index >= 15 is 0 Å². The van der Waals surface area contributed by atoms with Crippen LogP contribution < -0.4 is 0 Å². The summed E-state index contributed by atoms with van der Waals surface area (Å²) in [7, 11) is 0. The summed E-state index contributed by atoms with van der Waals surface area (Å²) in [4.78, 5) is 0. The fraction of sp³-hybridized carbons (Fsp3) is 0.840. The summed E-state index contributed by atoms with van der Waals surface area (Å²) in [5.74, 6) is 1.90. The molecule has 5 fully saturated rings. The number of furan rings is 1. The molecule has 0 unspecified atom stereocenters. The molecule has 166 valence electrons. The number of aliphatic hydroxyl groups excluding tert-OH is 1. The molecular weight excluding hydrogens is 380 g/mol. The van der Waals surface area contributed by atoms with Gasteiger partial charge in [0.15, 0.2) is 0 Å². The number of hydrogen-bond acceptors (Lipinski definition) is 5. The van der Waals surface area contributed by atoms with Gasteiger partial charge in [0.05, 0.1) is 37.9 Å². The molecule has 0 amide bonds. The number of aliphatic hydroxyl groups is 2. The van der Waals surface area contributed by atoms with Gasteiger partial charge in [0.1, 0.15) is 11.2 Å². The van der Waals surface area contributed by atoms with Gasteiger partial charge in [0, 0.05) is 17.4 Å². The van der Waals surface area contributed by atoms with Crippen LogP contribution in [0.1, 0.15) is 70.8 Å². The van der Waals surface area contributed by atoms with Crippen LogP contribution in [0.15, 0.2) is 23.0 Å². The monoisotopic (exact) mass is 416 g/mol. The van der Waals surface area contributed by atoms with Gasteiger partial charge in [-0.2, -0.15) is 0 Å². The molecule has 1 aromatic rings. The maximum absolute atomic E-state index is 11.9. The molecule has 1 aliphatic heterocycles. The molecule has 2 heterocycles. The molecule has 6 rings (SSSR count). The largest absolute Gasteiger partial charge is 0.472 e. The summed E-state index contributed by atoms with van der Waals surface area (Å²) in [6.45, 7) is 5.40. The summed E-state index contributed by atoms with van der Waals surface area (Å²) in [5.41, 5.74) is 0.00685. The predicted molar refractivity (Wildman–Crippen MR) is 111 cm³/mol. The Labute approximate surface area is 179 Å². The van der Waals surface area contributed by atoms with E-state index in [1.54, 1.807) is 12.5 Å². The van der Waals surface area contributed by atoms with Gasteiger partial charge < -0.3 is 24.1 Å². The Bertz CT molecular complexity index is 808. The van der Waals surface area contributed by atoms with Crippen LogP contribution in [0, 0.1) is 28.6 Å². The number of epoxide rings is 1. The van der Waals surface area contributed by atoms with Gasteiger partial charge in [-0.05, 0) is 74.2 Å². The average Bonchev–Trinajstić information content (AvgIpc) is 3.11. The van der Waals surface area contributed by atoms with Crippen LogP contribution in [0.5, 0.6) is 0 Å². The molecule has 1 saturated heterocycles. The molecular formula is C25H36O5. The molecule has 9 atom stereocenters. The number of fused-ring (bicyclic) bond motifs is 3. The first-order chi connectivity index (χ1) is 14.4. The van der Waals surface area contributed by atoms with E-state index in [0.29, 0.717) is 42.3 Å². The molecule has 0 aromatic carbocycles. The highest BCUT2D eigenvalue weighted by Gasteiger charge is 2.84. The lowest BCUT2D eigenvalue weighted by Crippen LogP contribution is -2.61. The number of rotatable bonds is 4. The Morgan fingerprint density at radius 1 is 1.13 bits per heavy atom. The van der Waals surface area contributed by atoms with E-state index in [1.165, 1.54) is 25.7 Å². The van der Waals surface area contributed by atoms with Crippen LogP contribution >= 0.6 is 0 Å². The lowest BCUT2D eigenvalue weighted by molar-refractivity contribution is -0.195. The highest BCUT2D eigenvalue weighted by atomic mass is 16.6. The second kappa shape index (κ2) is 6.34. The van der Waals surface area contributed by atoms with E-state index in [4.69, 9.17) is 19.0 Å². The molecule has 1 aromatic heterocycles. The molecule has 5 aliphatic rings. The van der Waals surface area contributed by atoms with Crippen molar-refractivity contribution in [1.29, 1.82) is 0 Å². The topological polar surface area (TPSA) is 75.4 Å². The van der Waals surface area contributed by atoms with Crippen LogP contribution in [0.3, 0.4) is 0 Å². The Kier molecular flexibility index (Phi) is 4.18. The quantitative estimate of drug-likeness (QED) is 0.725. The van der Waals surface area contributed by atoms with Crippen molar-refractivity contribution in [1.82, 2.24) is 0 Å². The van der Waals surface area contributed by atoms with Gasteiger partial charge in [0.2, 0.25) is 0 Å². The molecule has 0 bridgehead atoms. The maximum Gasteiger partial charge on any atom is 0.106 e. The molecule has 4 saturated carbocycles. The average molecular weight is 417 g/mol. The lowest BCUT2D eigenvalue weighted by atomic mass is 9.43. The van der Waals surface area contributed by atoms with Crippen molar-refractivity contribution in [3.63, 3.8) is 0 Å². The molecule has 0 radical (unpaired) electrons. The third-order valence-corrected chi connectivity index (χ3v) is 10.6. The van der Waals surface area contributed by atoms with E-state index in [2.05, 4.69) is 13.8 Å². The standard InChI is InChI=1S/C25H36O5/c1-22-8-5-18(29-12-10-26)13-16(22)3-4-20-19(22)6-9-23(2)24(27,17-7-11-28-15-17)14-21-25(20,23)30-21/h7,11,15-16,18-21,26-27H,3-6,8-10,12-14H2,1-2H3/t16-,18+,19+,20-,21-,22+,23-,24+,25-/m1/s1. The van der Waals surface area contributed by atoms with Crippen molar-refractivity contribution in [2.75, 3.05) is 13.2 Å². The van der Waals surface area contributed by atoms with E-state index in [1.807, 2.05) is 6.07 Å². The summed E-state index contributed by atoms with van der Waals surface area (Å²) in [5, 5.41) is 21.1. The van der Waals surface area contributed by atoms with E-state index in [9.17, 15) is 5.11 Å². The van der Waals surface area contributed by atoms with Gasteiger partial charge in [-0.25, -0.2) is 0 Å². The molecule has 1 spiro atoms. The van der Waals surface area contributed by atoms with Gasteiger partial charge in [-0.15, -0.1) is 0 Å². The smallest absolute Gasteiger partial charge is 0.106 e. The minimum atomic E-state index is -0.846. The van der Waals surface area contributed by atoms with Crippen LogP contribution in [0.4, 0.5) is 0 Å². The van der Waals surface area contributed by atoms with Crippen LogP contribution in [-0.4, -0.2) is 41.2 Å². The molecule has 5 heteroatoms. The van der Waals surface area contributed by atoms with E-state index in [-0.39, 0.29) is 23.7 Å². The zero-order valence-corrected chi connectivity index (χ0v) is 18.3. The lowest BCUT2D eigenvalue weighted by Gasteiger charge is -2.62. The second-order valence-corrected chi connectivity index (χ2v) is 11.3. The van der Waals surface area contributed by atoms with E-state index < -0.39 is 5.60 Å². The van der Waals surface area contributed by atoms with Crippen LogP contribution in [0.25, 0.3) is 0 Å². The van der Waals surface area contributed by atoms with Gasteiger partial charge in [0.25, 0.3) is 0 Å². The summed E-state index contributed by atoms with van der Waals surface area (Å²) in [6, 6.07) is 1.95. The van der Waals surface area contributed by atoms with Gasteiger partial charge in [-0.1, -0.05) is 13.8 Å². The fourth-order valence-electron chi connectivity index (χ4n) is 8.99. The van der Waals surface area contributed by atoms with Crippen molar-refractivity contribution in [3.05, 3.63) is 24.2 Å². The van der Waals surface area contributed by atoms with Crippen molar-refractivity contribution in [2.24, 2.45) is 28.6 Å². The zero-order valence-electron chi connectivity index (χ0n) is 18.3. The Hall–Kier alpha value is -0.880. The SMILES string of the molecule is C[C@]12CC[C@H](OCCO)C[C@H]1CC[C@@H]1[C@@H]2CC[C@@]2(C)[C@@]13O[C@@H]3C[C@]2(O)c1ccoc1. The highest BCUT2D eigenvalue weighted by Crippen LogP contribution is 2.79. The summed E-state index contributed by atoms with van der Waals surface area (Å²) in [6.07, 6.45) is 12.7. The Balaban J connectivity index is 1.29. The predicted octanol–water partition coefficient (Wildman–Crippen LogP) is 4.02. The van der Waals surface area contributed by atoms with Crippen molar-refractivity contribution in [3.8, 4) is 0 Å². The second-order valence-electron chi connectivity index (χ2n) is 11.3. The maximum atomic E-state index is 11.9. The first-order valence-electron chi connectivity index (χ1n) is 12.0. The molecule has 4 aliphatic carbocycles. The normalized spacial score (nSPS) is 54.1. The first kappa shape index (κ1) is 19.8. The van der Waals surface area contributed by atoms with Crippen molar-refractivity contribution >= 4 is 0 Å². The third kappa shape index (κ3) is 2.23. The minimum absolute atomic E-state index is 0.114. The highest BCUT2D eigenvalue weighted by molar-refractivity contribution is 5.37. The molecule has 30 heavy (non-hydrogen) atoms. The van der Waals surface area contributed by atoms with Crippen molar-refractivity contribution < 1.29 is 24.1 Å². The van der Waals surface area contributed by atoms with E-state index in [0.717, 1.165) is 24.8 Å². The summed E-state index contributed by atoms with van der Waals surface area (Å²) < 4.78 is 17.9. The zero-order chi connectivity index (χ0) is 20.8. The Morgan fingerprint density at radius 2 is 2.00 bits per heavy atom. The Morgan fingerprint density at radius 3 is 2.77 bits per heavy atom. The fourth-order valence-corrected chi connectivity index (χ4v) is 8.99. The number of ether oxygens (including phenoxy) is 2. The van der Waals surface area contributed by atoms with Gasteiger partial charge in [-0.3, -0.25) is 0 Å². The van der Waals surface area contributed by atoms with Gasteiger partial charge >= 0.3 is 0 Å². The summed E-state index contributed by atoms with van der Waals surface area (Å²) >= 11 is 0. The third-order valence-electron chi connectivity index (χ3n) is 10.6. The van der Waals surface area contributed by atoms with Crippen LogP contribution in [-0.2, 0) is 15.1 Å². The molecule has 2 N–H and O–H groups in total. The van der Waals surface area contributed by atoms with Crippen LogP contribution in [0.2, 0.25) is 0 Å². The van der Waals surface area contributed by atoms with Crippen molar-refractivity contribution in [2.45, 2.75) is 88.6 Å². The first-order valence-corrected chi connectivity index (χ1v) is 12.0.